The van der Waals surface area contributed by atoms with Crippen LogP contribution in [0.2, 0.25) is 0 Å². The molecule has 0 aliphatic heterocycles. The normalized spacial score (nSPS) is 17.5. The van der Waals surface area contributed by atoms with Gasteiger partial charge >= 0.3 is 0 Å². The molecule has 5 aromatic rings. The molecule has 2 heterocycles. The Kier molecular flexibility index (Phi) is 6.93. The zero-order valence-electron chi connectivity index (χ0n) is 23.9. The molecule has 1 saturated carbocycles. The van der Waals surface area contributed by atoms with Gasteiger partial charge in [-0.1, -0.05) is 26.0 Å². The zero-order valence-corrected chi connectivity index (χ0v) is 24.8. The van der Waals surface area contributed by atoms with Crippen molar-refractivity contribution in [2.75, 3.05) is 20.0 Å². The molecule has 6 rings (SSSR count). The Balaban J connectivity index is 1.47. The number of amides is 1. The second-order valence-corrected chi connectivity index (χ2v) is 14.2. The second kappa shape index (κ2) is 10.4. The quantitative estimate of drug-likeness (QED) is 0.248. The van der Waals surface area contributed by atoms with E-state index >= 15 is 0 Å². The van der Waals surface area contributed by atoms with Gasteiger partial charge in [-0.05, 0) is 66.9 Å². The number of rotatable bonds is 8. The number of ether oxygens (including phenoxy) is 1. The zero-order chi connectivity index (χ0) is 29.8. The molecular weight excluding hydrogens is 555 g/mol. The Morgan fingerprint density at radius 2 is 1.81 bits per heavy atom. The van der Waals surface area contributed by atoms with Crippen molar-refractivity contribution >= 4 is 37.6 Å². The van der Waals surface area contributed by atoms with Crippen molar-refractivity contribution in [1.82, 2.24) is 20.1 Å². The summed E-state index contributed by atoms with van der Waals surface area (Å²) in [6.07, 6.45) is 3.89. The minimum atomic E-state index is -3.09. The van der Waals surface area contributed by atoms with Crippen LogP contribution in [-0.2, 0) is 20.0 Å². The van der Waals surface area contributed by atoms with Crippen molar-refractivity contribution in [1.29, 1.82) is 0 Å². The summed E-state index contributed by atoms with van der Waals surface area (Å²) in [6, 6.07) is 17.9. The molecule has 1 aliphatic carbocycles. The smallest absolute Gasteiger partial charge is 0.251 e. The van der Waals surface area contributed by atoms with E-state index in [0.29, 0.717) is 25.0 Å². The van der Waals surface area contributed by atoms with E-state index < -0.39 is 15.3 Å². The summed E-state index contributed by atoms with van der Waals surface area (Å²) >= 11 is 0. The van der Waals surface area contributed by atoms with E-state index in [-0.39, 0.29) is 23.0 Å². The van der Waals surface area contributed by atoms with Crippen molar-refractivity contribution in [2.24, 2.45) is 0 Å². The van der Waals surface area contributed by atoms with Gasteiger partial charge in [0.1, 0.15) is 15.7 Å². The van der Waals surface area contributed by atoms with Gasteiger partial charge in [0, 0.05) is 58.1 Å². The molecule has 1 aliphatic rings. The lowest BCUT2D eigenvalue weighted by Crippen LogP contribution is -2.49. The topological polar surface area (TPSA) is 106 Å². The SMILES string of the molecule is COCC(C)(C)c1c(-c2ccc(C(=O)N[C@H]3C[C@@H](S(C)(=O)=O)C3)cc2)c2cc3[nH]ncc3cc2n1-c1ccc(F)cc1. The number of carbonyl (C=O) groups is 1. The number of aromatic nitrogens is 3. The van der Waals surface area contributed by atoms with Crippen LogP contribution in [0.25, 0.3) is 38.6 Å². The number of nitrogens with zero attached hydrogens (tertiary/aromatic N) is 2. The number of H-pyrrole nitrogens is 1. The molecule has 0 spiro atoms. The lowest BCUT2D eigenvalue weighted by Gasteiger charge is -2.34. The maximum Gasteiger partial charge on any atom is 0.251 e. The Labute approximate surface area is 243 Å². The highest BCUT2D eigenvalue weighted by Crippen LogP contribution is 2.44. The van der Waals surface area contributed by atoms with Crippen LogP contribution >= 0.6 is 0 Å². The molecule has 0 unspecified atom stereocenters. The van der Waals surface area contributed by atoms with Crippen molar-refractivity contribution < 1.29 is 22.3 Å². The molecule has 0 radical (unpaired) electrons. The first-order valence-corrected chi connectivity index (χ1v) is 15.8. The van der Waals surface area contributed by atoms with Crippen LogP contribution in [0.1, 0.15) is 42.7 Å². The van der Waals surface area contributed by atoms with Gasteiger partial charge in [0.2, 0.25) is 0 Å². The van der Waals surface area contributed by atoms with E-state index in [1.807, 2.05) is 12.1 Å². The third kappa shape index (κ3) is 4.98. The molecular formula is C32H33FN4O4S. The van der Waals surface area contributed by atoms with E-state index in [2.05, 4.69) is 46.1 Å². The van der Waals surface area contributed by atoms with Crippen molar-refractivity contribution in [3.63, 3.8) is 0 Å². The average Bonchev–Trinajstić information content (AvgIpc) is 3.51. The van der Waals surface area contributed by atoms with Gasteiger partial charge in [0.15, 0.2) is 0 Å². The summed E-state index contributed by atoms with van der Waals surface area (Å²) in [4.78, 5) is 13.0. The average molecular weight is 589 g/mol. The molecule has 0 atom stereocenters. The number of halogens is 1. The van der Waals surface area contributed by atoms with Gasteiger partial charge in [0.25, 0.3) is 5.91 Å². The fourth-order valence-corrected chi connectivity index (χ4v) is 7.20. The van der Waals surface area contributed by atoms with Gasteiger partial charge in [-0.15, -0.1) is 0 Å². The number of carbonyl (C=O) groups excluding carboxylic acids is 1. The Morgan fingerprint density at radius 1 is 1.12 bits per heavy atom. The molecule has 42 heavy (non-hydrogen) atoms. The molecule has 3 aromatic carbocycles. The summed E-state index contributed by atoms with van der Waals surface area (Å²) in [5, 5.41) is 11.8. The van der Waals surface area contributed by atoms with E-state index in [9.17, 15) is 17.6 Å². The van der Waals surface area contributed by atoms with E-state index in [0.717, 1.165) is 44.3 Å². The Hall–Kier alpha value is -4.02. The largest absolute Gasteiger partial charge is 0.384 e. The van der Waals surface area contributed by atoms with Crippen LogP contribution in [-0.4, -0.2) is 60.4 Å². The molecule has 218 valence electrons. The fraction of sp³-hybridized carbons (Fsp3) is 0.312. The molecule has 1 amide bonds. The molecule has 2 N–H and O–H groups in total. The molecule has 10 heteroatoms. The minimum Gasteiger partial charge on any atom is -0.384 e. The third-order valence-electron chi connectivity index (χ3n) is 8.23. The highest BCUT2D eigenvalue weighted by atomic mass is 32.2. The van der Waals surface area contributed by atoms with Crippen LogP contribution in [0.3, 0.4) is 0 Å². The molecule has 0 bridgehead atoms. The summed E-state index contributed by atoms with van der Waals surface area (Å²) in [7, 11) is -1.42. The van der Waals surface area contributed by atoms with Gasteiger partial charge in [-0.3, -0.25) is 9.89 Å². The van der Waals surface area contributed by atoms with Gasteiger partial charge < -0.3 is 14.6 Å². The Morgan fingerprint density at radius 3 is 2.45 bits per heavy atom. The number of hydrogen-bond acceptors (Lipinski definition) is 5. The fourth-order valence-electron chi connectivity index (χ4n) is 6.04. The number of sulfone groups is 1. The van der Waals surface area contributed by atoms with Gasteiger partial charge in [-0.25, -0.2) is 12.8 Å². The predicted molar refractivity (Wildman–Crippen MR) is 162 cm³/mol. The first kappa shape index (κ1) is 28.1. The number of benzene rings is 3. The van der Waals surface area contributed by atoms with E-state index in [4.69, 9.17) is 4.74 Å². The predicted octanol–water partition coefficient (Wildman–Crippen LogP) is 5.54. The standard InChI is InChI=1S/C32H33FN4O4S/c1-32(2,18-41-3)30-29(19-5-7-20(8-6-19)31(38)35-23-14-25(15-23)42(4,39)40)26-16-27-21(17-34-36-27)13-28(26)37(30)24-11-9-22(33)10-12-24/h5-13,16-17,23,25H,14-15,18H2,1-4H3,(H,34,36)(H,35,38)/t23-,25+. The van der Waals surface area contributed by atoms with Crippen molar-refractivity contribution in [3.8, 4) is 16.8 Å². The summed E-state index contributed by atoms with van der Waals surface area (Å²) in [5.74, 6) is -0.542. The summed E-state index contributed by atoms with van der Waals surface area (Å²) < 4.78 is 45.3. The molecule has 8 nitrogen and oxygen atoms in total. The highest BCUT2D eigenvalue weighted by Gasteiger charge is 2.37. The molecule has 1 fully saturated rings. The Bertz CT molecular complexity index is 1900. The first-order valence-electron chi connectivity index (χ1n) is 13.8. The number of aromatic amines is 1. The lowest BCUT2D eigenvalue weighted by molar-refractivity contribution is 0.0918. The highest BCUT2D eigenvalue weighted by molar-refractivity contribution is 7.91. The molecule has 0 saturated heterocycles. The van der Waals surface area contributed by atoms with Gasteiger partial charge in [0.05, 0.1) is 29.1 Å². The summed E-state index contributed by atoms with van der Waals surface area (Å²) in [5.41, 5.74) is 5.57. The van der Waals surface area contributed by atoms with Crippen LogP contribution in [0, 0.1) is 5.82 Å². The number of methoxy groups -OCH3 is 1. The first-order chi connectivity index (χ1) is 20.0. The van der Waals surface area contributed by atoms with Gasteiger partial charge in [-0.2, -0.15) is 5.10 Å². The minimum absolute atomic E-state index is 0.149. The number of nitrogens with one attached hydrogen (secondary N) is 2. The summed E-state index contributed by atoms with van der Waals surface area (Å²) in [6.45, 7) is 4.67. The number of hydrogen-bond donors (Lipinski definition) is 2. The van der Waals surface area contributed by atoms with Crippen molar-refractivity contribution in [3.05, 3.63) is 83.9 Å². The third-order valence-corrected chi connectivity index (χ3v) is 9.83. The van der Waals surface area contributed by atoms with E-state index in [1.165, 1.54) is 18.4 Å². The maximum atomic E-state index is 14.0. The van der Waals surface area contributed by atoms with E-state index in [1.54, 1.807) is 37.6 Å². The lowest BCUT2D eigenvalue weighted by atomic mass is 9.84. The second-order valence-electron chi connectivity index (χ2n) is 11.8. The van der Waals surface area contributed by atoms with Crippen LogP contribution in [0.4, 0.5) is 4.39 Å². The molecule has 2 aromatic heterocycles. The number of fused-ring (bicyclic) bond motifs is 2. The van der Waals surface area contributed by atoms with Crippen molar-refractivity contribution in [2.45, 2.75) is 43.4 Å². The van der Waals surface area contributed by atoms with Crippen LogP contribution in [0.15, 0.2) is 66.9 Å². The van der Waals surface area contributed by atoms with Crippen LogP contribution in [0.5, 0.6) is 0 Å². The monoisotopic (exact) mass is 588 g/mol. The van der Waals surface area contributed by atoms with Crippen LogP contribution < -0.4 is 5.32 Å². The maximum absolute atomic E-state index is 14.0.